The Balaban J connectivity index is 2.39. The van der Waals surface area contributed by atoms with Gasteiger partial charge in [0.15, 0.2) is 12.6 Å². The molecule has 266 valence electrons. The summed E-state index contributed by atoms with van der Waals surface area (Å²) in [6, 6.07) is -1.17. The summed E-state index contributed by atoms with van der Waals surface area (Å²) in [6.07, 6.45) is -6.77. The summed E-state index contributed by atoms with van der Waals surface area (Å²) in [5.41, 5.74) is -1.79. The maximum Gasteiger partial charge on any atom is 0.397 e. The average Bonchev–Trinajstić information content (AvgIpc) is 2.99. The standard InChI is InChI=1S/C27H51NO16S/c1-4-5-6-7-8-9-10-39-25-19(28-17(3)32)24(44-26-22(35)21(34)20(33)16(2)42-26)23(18(11-29)43-25)40-14-27(12-30,13-31)15-41-45(36,37)38/h16,18-26,29-31,33-35H,4-15H2,1-3H3,(H,28,32)(H,36,37,38). The molecule has 8 N–H and O–H groups in total. The summed E-state index contributed by atoms with van der Waals surface area (Å²) in [5.74, 6) is -0.540. The molecule has 2 rings (SSSR count). The van der Waals surface area contributed by atoms with Crippen LogP contribution in [0.2, 0.25) is 0 Å². The third kappa shape index (κ3) is 12.1. The van der Waals surface area contributed by atoms with Gasteiger partial charge in [-0.25, -0.2) is 4.18 Å². The molecule has 0 aromatic heterocycles. The fourth-order valence-electron chi connectivity index (χ4n) is 5.05. The number of rotatable bonds is 20. The van der Waals surface area contributed by atoms with Gasteiger partial charge >= 0.3 is 10.4 Å². The predicted molar refractivity (Wildman–Crippen MR) is 154 cm³/mol. The number of aliphatic hydroxyl groups is 6. The molecule has 2 saturated heterocycles. The lowest BCUT2D eigenvalue weighted by molar-refractivity contribution is -0.346. The van der Waals surface area contributed by atoms with Crippen molar-refractivity contribution in [3.63, 3.8) is 0 Å². The first kappa shape index (κ1) is 40.1. The van der Waals surface area contributed by atoms with Crippen LogP contribution in [0.25, 0.3) is 0 Å². The van der Waals surface area contributed by atoms with Crippen molar-refractivity contribution in [2.45, 2.75) is 121 Å². The quantitative estimate of drug-likeness (QED) is 0.0510. The molecule has 0 spiro atoms. The van der Waals surface area contributed by atoms with Crippen LogP contribution in [-0.4, -0.2) is 151 Å². The van der Waals surface area contributed by atoms with E-state index in [-0.39, 0.29) is 6.61 Å². The Morgan fingerprint density at radius 3 is 2.09 bits per heavy atom. The van der Waals surface area contributed by atoms with Gasteiger partial charge in [0, 0.05) is 13.5 Å². The van der Waals surface area contributed by atoms with Crippen molar-refractivity contribution >= 4 is 16.3 Å². The molecule has 1 amide bonds. The first-order chi connectivity index (χ1) is 21.2. The monoisotopic (exact) mass is 677 g/mol. The smallest absolute Gasteiger partial charge is 0.396 e. The van der Waals surface area contributed by atoms with Crippen LogP contribution in [0.3, 0.4) is 0 Å². The highest BCUT2D eigenvalue weighted by molar-refractivity contribution is 7.80. The number of nitrogens with one attached hydrogen (secondary N) is 1. The van der Waals surface area contributed by atoms with E-state index in [4.69, 9.17) is 28.2 Å². The third-order valence-electron chi connectivity index (χ3n) is 7.84. The van der Waals surface area contributed by atoms with E-state index in [0.717, 1.165) is 32.1 Å². The summed E-state index contributed by atoms with van der Waals surface area (Å²) in [6.45, 7) is 1.04. The summed E-state index contributed by atoms with van der Waals surface area (Å²) in [7, 11) is -4.95. The number of amides is 1. The van der Waals surface area contributed by atoms with Crippen LogP contribution < -0.4 is 5.32 Å². The molecule has 45 heavy (non-hydrogen) atoms. The molecule has 0 bridgehead atoms. The largest absolute Gasteiger partial charge is 0.397 e. The van der Waals surface area contributed by atoms with Gasteiger partial charge in [-0.2, -0.15) is 8.42 Å². The van der Waals surface area contributed by atoms with Gasteiger partial charge in [0.05, 0.1) is 44.6 Å². The lowest BCUT2D eigenvalue weighted by Gasteiger charge is -2.49. The molecular formula is C27H51NO16S. The van der Waals surface area contributed by atoms with E-state index in [9.17, 15) is 43.9 Å². The van der Waals surface area contributed by atoms with Crippen molar-refractivity contribution in [3.8, 4) is 0 Å². The van der Waals surface area contributed by atoms with Gasteiger partial charge < -0.3 is 59.6 Å². The first-order valence-corrected chi connectivity index (χ1v) is 16.5. The number of carbonyl (C=O) groups is 1. The molecule has 0 aromatic carbocycles. The highest BCUT2D eigenvalue weighted by Crippen LogP contribution is 2.32. The van der Waals surface area contributed by atoms with Gasteiger partial charge in [0.1, 0.15) is 42.7 Å². The van der Waals surface area contributed by atoms with Crippen molar-refractivity contribution in [3.05, 3.63) is 0 Å². The van der Waals surface area contributed by atoms with E-state index in [1.165, 1.54) is 13.8 Å². The highest BCUT2D eigenvalue weighted by atomic mass is 32.3. The van der Waals surface area contributed by atoms with Crippen molar-refractivity contribution in [2.75, 3.05) is 39.6 Å². The van der Waals surface area contributed by atoms with Crippen LogP contribution in [0.5, 0.6) is 0 Å². The van der Waals surface area contributed by atoms with Gasteiger partial charge in [0.2, 0.25) is 5.91 Å². The Bertz CT molecular complexity index is 968. The molecule has 2 fully saturated rings. The Labute approximate surface area is 263 Å². The SMILES string of the molecule is CCCCCCCCOC1OC(CO)C(OCC(CO)(CO)COS(=O)(=O)O)C(OC2OC(C)C(O)C(O)C2O)C1NC(C)=O. The van der Waals surface area contributed by atoms with Gasteiger partial charge in [-0.3, -0.25) is 9.35 Å². The van der Waals surface area contributed by atoms with E-state index >= 15 is 0 Å². The zero-order chi connectivity index (χ0) is 33.8. The second kappa shape index (κ2) is 19.0. The normalized spacial score (nSPS) is 32.8. The Morgan fingerprint density at radius 1 is 0.867 bits per heavy atom. The van der Waals surface area contributed by atoms with E-state index in [1.54, 1.807) is 0 Å². The minimum atomic E-state index is -4.95. The topological polar surface area (TPSA) is 260 Å². The first-order valence-electron chi connectivity index (χ1n) is 15.2. The second-order valence-corrected chi connectivity index (χ2v) is 12.7. The van der Waals surface area contributed by atoms with Crippen LogP contribution in [0.1, 0.15) is 59.3 Å². The van der Waals surface area contributed by atoms with E-state index in [2.05, 4.69) is 16.4 Å². The van der Waals surface area contributed by atoms with E-state index in [0.29, 0.717) is 6.42 Å². The van der Waals surface area contributed by atoms with Gasteiger partial charge in [-0.05, 0) is 13.3 Å². The molecule has 0 aliphatic carbocycles. The van der Waals surface area contributed by atoms with Crippen LogP contribution >= 0.6 is 0 Å². The maximum atomic E-state index is 12.3. The van der Waals surface area contributed by atoms with Crippen LogP contribution in [0.15, 0.2) is 0 Å². The lowest BCUT2D eigenvalue weighted by Crippen LogP contribution is -2.68. The molecule has 0 radical (unpaired) electrons. The summed E-state index contributed by atoms with van der Waals surface area (Å²) < 4.78 is 65.4. The van der Waals surface area contributed by atoms with E-state index < -0.39 is 116 Å². The third-order valence-corrected chi connectivity index (χ3v) is 8.26. The van der Waals surface area contributed by atoms with Gasteiger partial charge in [-0.1, -0.05) is 39.0 Å². The summed E-state index contributed by atoms with van der Waals surface area (Å²) in [4.78, 5) is 12.3. The zero-order valence-corrected chi connectivity index (χ0v) is 26.8. The fraction of sp³-hybridized carbons (Fsp3) is 0.963. The summed E-state index contributed by atoms with van der Waals surface area (Å²) in [5, 5.41) is 64.1. The lowest BCUT2D eigenvalue weighted by atomic mass is 9.91. The van der Waals surface area contributed by atoms with Gasteiger partial charge in [-0.15, -0.1) is 0 Å². The number of ether oxygens (including phenoxy) is 5. The average molecular weight is 678 g/mol. The molecular weight excluding hydrogens is 626 g/mol. The molecule has 2 heterocycles. The molecule has 17 nitrogen and oxygen atoms in total. The van der Waals surface area contributed by atoms with Gasteiger partial charge in [0.25, 0.3) is 0 Å². The Hall–Kier alpha value is -1.10. The number of carbonyl (C=O) groups excluding carboxylic acids is 1. The van der Waals surface area contributed by atoms with E-state index in [1.807, 2.05) is 0 Å². The fourth-order valence-corrected chi connectivity index (χ4v) is 5.45. The summed E-state index contributed by atoms with van der Waals surface area (Å²) >= 11 is 0. The molecule has 2 aliphatic heterocycles. The minimum Gasteiger partial charge on any atom is -0.396 e. The second-order valence-electron chi connectivity index (χ2n) is 11.7. The Kier molecular flexibility index (Phi) is 17.0. The zero-order valence-electron chi connectivity index (χ0n) is 26.0. The molecule has 2 aliphatic rings. The maximum absolute atomic E-state index is 12.3. The number of aliphatic hydroxyl groups excluding tert-OH is 6. The molecule has 18 heteroatoms. The highest BCUT2D eigenvalue weighted by Gasteiger charge is 2.52. The van der Waals surface area contributed by atoms with Crippen molar-refractivity contribution in [1.29, 1.82) is 0 Å². The molecule has 0 saturated carbocycles. The van der Waals surface area contributed by atoms with Crippen LogP contribution in [0.4, 0.5) is 0 Å². The van der Waals surface area contributed by atoms with Crippen molar-refractivity contribution < 1.29 is 76.3 Å². The molecule has 0 aromatic rings. The number of unbranched alkanes of at least 4 members (excludes halogenated alkanes) is 5. The molecule has 10 unspecified atom stereocenters. The number of hydrogen-bond acceptors (Lipinski definition) is 15. The van der Waals surface area contributed by atoms with Crippen LogP contribution in [0, 0.1) is 5.41 Å². The predicted octanol–water partition coefficient (Wildman–Crippen LogP) is -2.03. The van der Waals surface area contributed by atoms with Crippen molar-refractivity contribution in [2.24, 2.45) is 5.41 Å². The van der Waals surface area contributed by atoms with Crippen molar-refractivity contribution in [1.82, 2.24) is 5.32 Å². The van der Waals surface area contributed by atoms with Crippen LogP contribution in [-0.2, 0) is 43.1 Å². The number of hydrogen-bond donors (Lipinski definition) is 8. The molecule has 10 atom stereocenters. The Morgan fingerprint density at radius 2 is 1.51 bits per heavy atom. The minimum absolute atomic E-state index is 0.221.